The molecule has 8 heteroatoms. The summed E-state index contributed by atoms with van der Waals surface area (Å²) in [7, 11) is 0. The van der Waals surface area contributed by atoms with Gasteiger partial charge in [-0.1, -0.05) is 33.6 Å². The number of hydrogen-bond donors (Lipinski definition) is 2. The number of hydrazone groups is 1. The van der Waals surface area contributed by atoms with Crippen LogP contribution in [0.15, 0.2) is 76.3 Å². The molecule has 33 heavy (non-hydrogen) atoms. The molecule has 3 rings (SSSR count). The maximum absolute atomic E-state index is 12.4. The number of amides is 1. The first-order valence-electron chi connectivity index (χ1n) is 10.3. The van der Waals surface area contributed by atoms with Crippen molar-refractivity contribution < 1.29 is 19.1 Å². The van der Waals surface area contributed by atoms with Gasteiger partial charge in [0.2, 0.25) is 0 Å². The molecule has 0 fully saturated rings. The zero-order chi connectivity index (χ0) is 23.6. The Bertz CT molecular complexity index is 1130. The van der Waals surface area contributed by atoms with E-state index in [-0.39, 0.29) is 12.5 Å². The van der Waals surface area contributed by atoms with Crippen molar-refractivity contribution in [3.63, 3.8) is 0 Å². The fraction of sp³-hybridized carbons (Fsp3) is 0.160. The summed E-state index contributed by atoms with van der Waals surface area (Å²) >= 11 is 3.34. The third-order valence-corrected chi connectivity index (χ3v) is 4.99. The van der Waals surface area contributed by atoms with Gasteiger partial charge in [0.05, 0.1) is 24.9 Å². The van der Waals surface area contributed by atoms with Crippen molar-refractivity contribution in [1.29, 1.82) is 0 Å². The van der Waals surface area contributed by atoms with Gasteiger partial charge in [0.15, 0.2) is 11.5 Å². The Morgan fingerprint density at radius 1 is 1.00 bits per heavy atom. The Morgan fingerprint density at radius 3 is 2.42 bits per heavy atom. The van der Waals surface area contributed by atoms with E-state index in [1.54, 1.807) is 42.5 Å². The molecule has 7 nitrogen and oxygen atoms in total. The van der Waals surface area contributed by atoms with Gasteiger partial charge in [0.1, 0.15) is 0 Å². The summed E-state index contributed by atoms with van der Waals surface area (Å²) in [5.74, 6) is -0.0670. The van der Waals surface area contributed by atoms with Crippen molar-refractivity contribution in [3.8, 4) is 11.5 Å². The molecule has 2 N–H and O–H groups in total. The number of aryl methyl sites for hydroxylation is 1. The average molecular weight is 510 g/mol. The molecule has 170 valence electrons. The standard InChI is InChI=1S/C25H24BrN3O4/c1-3-32-23-14-18(6-13-22(23)33-25(31)19-7-9-20(26)10-8-19)15-28-29-24(30)16-27-21-11-4-17(2)5-12-21/h4-15,27H,3,16H2,1-2H3,(H,29,30)/b28-15+. The molecule has 3 aromatic carbocycles. The van der Waals surface area contributed by atoms with Crippen molar-refractivity contribution in [2.24, 2.45) is 5.10 Å². The zero-order valence-corrected chi connectivity index (χ0v) is 19.9. The monoisotopic (exact) mass is 509 g/mol. The molecule has 0 saturated heterocycles. The highest BCUT2D eigenvalue weighted by atomic mass is 79.9. The minimum atomic E-state index is -0.488. The molecule has 0 bridgehead atoms. The first kappa shape index (κ1) is 24.0. The van der Waals surface area contributed by atoms with E-state index in [1.807, 2.05) is 38.1 Å². The lowest BCUT2D eigenvalue weighted by molar-refractivity contribution is -0.119. The highest BCUT2D eigenvalue weighted by Crippen LogP contribution is 2.29. The number of anilines is 1. The van der Waals surface area contributed by atoms with Crippen molar-refractivity contribution in [1.82, 2.24) is 5.43 Å². The van der Waals surface area contributed by atoms with Gasteiger partial charge in [-0.15, -0.1) is 0 Å². The highest BCUT2D eigenvalue weighted by Gasteiger charge is 2.13. The molecular formula is C25H24BrN3O4. The maximum Gasteiger partial charge on any atom is 0.343 e. The van der Waals surface area contributed by atoms with E-state index in [2.05, 4.69) is 31.8 Å². The van der Waals surface area contributed by atoms with E-state index in [0.717, 1.165) is 15.7 Å². The van der Waals surface area contributed by atoms with Crippen LogP contribution in [0.4, 0.5) is 5.69 Å². The summed E-state index contributed by atoms with van der Waals surface area (Å²) in [5, 5.41) is 7.01. The van der Waals surface area contributed by atoms with Crippen LogP contribution in [0.25, 0.3) is 0 Å². The second-order valence-electron chi connectivity index (χ2n) is 7.05. The van der Waals surface area contributed by atoms with E-state index in [1.165, 1.54) is 6.21 Å². The van der Waals surface area contributed by atoms with Crippen LogP contribution in [-0.2, 0) is 4.79 Å². The van der Waals surface area contributed by atoms with E-state index in [0.29, 0.717) is 29.2 Å². The minimum Gasteiger partial charge on any atom is -0.490 e. The van der Waals surface area contributed by atoms with Gasteiger partial charge in [-0.3, -0.25) is 4.79 Å². The number of nitrogens with one attached hydrogen (secondary N) is 2. The normalized spacial score (nSPS) is 10.6. The number of carbonyl (C=O) groups excluding carboxylic acids is 2. The fourth-order valence-electron chi connectivity index (χ4n) is 2.77. The molecule has 0 aliphatic rings. The summed E-state index contributed by atoms with van der Waals surface area (Å²) in [6.07, 6.45) is 1.49. The first-order valence-corrected chi connectivity index (χ1v) is 11.1. The smallest absolute Gasteiger partial charge is 0.343 e. The lowest BCUT2D eigenvalue weighted by atomic mass is 10.2. The molecule has 0 radical (unpaired) electrons. The van der Waals surface area contributed by atoms with Crippen LogP contribution >= 0.6 is 15.9 Å². The summed E-state index contributed by atoms with van der Waals surface area (Å²) in [5.41, 5.74) is 5.58. The molecular weight excluding hydrogens is 486 g/mol. The predicted molar refractivity (Wildman–Crippen MR) is 132 cm³/mol. The van der Waals surface area contributed by atoms with Crippen molar-refractivity contribution >= 4 is 39.7 Å². The third kappa shape index (κ3) is 7.47. The number of benzene rings is 3. The van der Waals surface area contributed by atoms with Gasteiger partial charge >= 0.3 is 5.97 Å². The largest absolute Gasteiger partial charge is 0.490 e. The predicted octanol–water partition coefficient (Wildman–Crippen LogP) is 4.94. The molecule has 0 aliphatic heterocycles. The molecule has 0 spiro atoms. The van der Waals surface area contributed by atoms with Gasteiger partial charge in [0.25, 0.3) is 5.91 Å². The summed E-state index contributed by atoms with van der Waals surface area (Å²) in [6, 6.07) is 19.7. The van der Waals surface area contributed by atoms with Gasteiger partial charge < -0.3 is 14.8 Å². The van der Waals surface area contributed by atoms with E-state index >= 15 is 0 Å². The topological polar surface area (TPSA) is 89.0 Å². The van der Waals surface area contributed by atoms with Gasteiger partial charge in [0, 0.05) is 10.2 Å². The maximum atomic E-state index is 12.4. The number of ether oxygens (including phenoxy) is 2. The van der Waals surface area contributed by atoms with E-state index in [4.69, 9.17) is 9.47 Å². The number of hydrogen-bond acceptors (Lipinski definition) is 6. The molecule has 0 heterocycles. The van der Waals surface area contributed by atoms with Crippen molar-refractivity contribution in [3.05, 3.63) is 87.9 Å². The lowest BCUT2D eigenvalue weighted by Gasteiger charge is -2.11. The first-order chi connectivity index (χ1) is 15.9. The number of halogens is 1. The molecule has 0 aliphatic carbocycles. The minimum absolute atomic E-state index is 0.0928. The van der Waals surface area contributed by atoms with E-state index in [9.17, 15) is 9.59 Å². The summed E-state index contributed by atoms with van der Waals surface area (Å²) in [6.45, 7) is 4.32. The van der Waals surface area contributed by atoms with Crippen LogP contribution in [-0.4, -0.2) is 31.2 Å². The van der Waals surface area contributed by atoms with Crippen LogP contribution in [0, 0.1) is 6.92 Å². The van der Waals surface area contributed by atoms with Crippen LogP contribution in [0.5, 0.6) is 11.5 Å². The number of nitrogens with zero attached hydrogens (tertiary/aromatic N) is 1. The SMILES string of the molecule is CCOc1cc(/C=N/NC(=O)CNc2ccc(C)cc2)ccc1OC(=O)c1ccc(Br)cc1. The molecule has 0 unspecified atom stereocenters. The number of esters is 1. The van der Waals surface area contributed by atoms with Crippen LogP contribution < -0.4 is 20.2 Å². The second kappa shape index (κ2) is 11.8. The van der Waals surface area contributed by atoms with E-state index < -0.39 is 5.97 Å². The van der Waals surface area contributed by atoms with Gasteiger partial charge in [-0.2, -0.15) is 5.10 Å². The number of carbonyl (C=O) groups is 2. The van der Waals surface area contributed by atoms with Crippen molar-refractivity contribution in [2.45, 2.75) is 13.8 Å². The Kier molecular flexibility index (Phi) is 8.60. The quantitative estimate of drug-likeness (QED) is 0.184. The lowest BCUT2D eigenvalue weighted by Crippen LogP contribution is -2.25. The van der Waals surface area contributed by atoms with Gasteiger partial charge in [-0.05, 0) is 74.0 Å². The fourth-order valence-corrected chi connectivity index (χ4v) is 3.04. The molecule has 1 amide bonds. The average Bonchev–Trinajstić information content (AvgIpc) is 2.81. The zero-order valence-electron chi connectivity index (χ0n) is 18.3. The van der Waals surface area contributed by atoms with Crippen LogP contribution in [0.1, 0.15) is 28.4 Å². The molecule has 3 aromatic rings. The number of rotatable bonds is 9. The Morgan fingerprint density at radius 2 is 1.73 bits per heavy atom. The summed E-state index contributed by atoms with van der Waals surface area (Å²) < 4.78 is 12.0. The van der Waals surface area contributed by atoms with Crippen molar-refractivity contribution in [2.75, 3.05) is 18.5 Å². The Labute approximate surface area is 200 Å². The van der Waals surface area contributed by atoms with Crippen LogP contribution in [0.3, 0.4) is 0 Å². The highest BCUT2D eigenvalue weighted by molar-refractivity contribution is 9.10. The molecule has 0 saturated carbocycles. The van der Waals surface area contributed by atoms with Crippen LogP contribution in [0.2, 0.25) is 0 Å². The Hall–Kier alpha value is -3.65. The molecule has 0 atom stereocenters. The summed E-state index contributed by atoms with van der Waals surface area (Å²) in [4.78, 5) is 24.4. The van der Waals surface area contributed by atoms with Gasteiger partial charge in [-0.25, -0.2) is 10.2 Å². The third-order valence-electron chi connectivity index (χ3n) is 4.46. The Balaban J connectivity index is 1.58. The molecule has 0 aromatic heterocycles. The second-order valence-corrected chi connectivity index (χ2v) is 7.96.